The second-order valence-corrected chi connectivity index (χ2v) is 11.5. The third kappa shape index (κ3) is 5.74. The fraction of sp³-hybridized carbons (Fsp3) is 0.467. The number of hydrogen-bond donors (Lipinski definition) is 1. The largest absolute Gasteiger partial charge is 0.497 e. The SMILES string of the molecule is COc1ccc(CN(C[C@H]2CCCO2)[C@H](c2cc3cc(C)c(C)cc3[nH]c2=O)c2nnnn2C(C)(C)C)cc1. The summed E-state index contributed by atoms with van der Waals surface area (Å²) in [6, 6.07) is 13.7. The van der Waals surface area contributed by atoms with E-state index in [1.54, 1.807) is 7.11 Å². The summed E-state index contributed by atoms with van der Waals surface area (Å²) in [5, 5.41) is 13.9. The maximum Gasteiger partial charge on any atom is 0.253 e. The van der Waals surface area contributed by atoms with E-state index in [0.29, 0.717) is 24.5 Å². The molecule has 1 N–H and O–H groups in total. The molecule has 4 aromatic rings. The Morgan fingerprint density at radius 3 is 2.56 bits per heavy atom. The third-order valence-corrected chi connectivity index (χ3v) is 7.53. The van der Waals surface area contributed by atoms with Crippen LogP contribution in [0.25, 0.3) is 10.9 Å². The second-order valence-electron chi connectivity index (χ2n) is 11.5. The van der Waals surface area contributed by atoms with Crippen LogP contribution < -0.4 is 10.3 Å². The Balaban J connectivity index is 1.69. The maximum atomic E-state index is 13.8. The number of rotatable bonds is 8. The molecule has 0 bridgehead atoms. The highest BCUT2D eigenvalue weighted by molar-refractivity contribution is 5.81. The molecule has 39 heavy (non-hydrogen) atoms. The van der Waals surface area contributed by atoms with Crippen LogP contribution in [0.15, 0.2) is 47.3 Å². The van der Waals surface area contributed by atoms with Crippen molar-refractivity contribution in [3.63, 3.8) is 0 Å². The first-order chi connectivity index (χ1) is 18.6. The van der Waals surface area contributed by atoms with Gasteiger partial charge >= 0.3 is 0 Å². The molecule has 2 aromatic carbocycles. The van der Waals surface area contributed by atoms with E-state index in [1.807, 2.05) is 28.9 Å². The van der Waals surface area contributed by atoms with Gasteiger partial charge in [-0.05, 0) is 110 Å². The van der Waals surface area contributed by atoms with Gasteiger partial charge in [-0.3, -0.25) is 9.69 Å². The number of H-pyrrole nitrogens is 1. The molecule has 5 rings (SSSR count). The first kappa shape index (κ1) is 27.0. The van der Waals surface area contributed by atoms with E-state index in [0.717, 1.165) is 47.2 Å². The standard InChI is InChI=1S/C30H38N6O3/c1-19-14-22-16-25(29(37)31-26(22)15-20(19)2)27(28-32-33-34-36(28)30(3,4)5)35(18-24-8-7-13-39-24)17-21-9-11-23(38-6)12-10-21/h9-12,14-16,24,27H,7-8,13,17-18H2,1-6H3,(H,31,37)/t24-,27-/m1/s1. The molecule has 0 saturated carbocycles. The Morgan fingerprint density at radius 1 is 1.15 bits per heavy atom. The number of benzene rings is 2. The van der Waals surface area contributed by atoms with Crippen LogP contribution in [0.3, 0.4) is 0 Å². The van der Waals surface area contributed by atoms with E-state index in [2.05, 4.69) is 78.2 Å². The number of methoxy groups -OCH3 is 1. The van der Waals surface area contributed by atoms with Gasteiger partial charge in [0.2, 0.25) is 0 Å². The van der Waals surface area contributed by atoms with Crippen molar-refractivity contribution in [3.05, 3.63) is 80.9 Å². The van der Waals surface area contributed by atoms with Crippen LogP contribution in [0.1, 0.15) is 67.7 Å². The Labute approximate surface area is 229 Å². The second kappa shape index (κ2) is 10.9. The summed E-state index contributed by atoms with van der Waals surface area (Å²) in [5.41, 5.74) is 4.30. The molecule has 1 fully saturated rings. The van der Waals surface area contributed by atoms with Gasteiger partial charge in [-0.2, -0.15) is 0 Å². The van der Waals surface area contributed by atoms with E-state index in [1.165, 1.54) is 5.56 Å². The van der Waals surface area contributed by atoms with E-state index < -0.39 is 6.04 Å². The summed E-state index contributed by atoms with van der Waals surface area (Å²) in [7, 11) is 1.66. The minimum Gasteiger partial charge on any atom is -0.497 e. The summed E-state index contributed by atoms with van der Waals surface area (Å²) in [4.78, 5) is 19.2. The third-order valence-electron chi connectivity index (χ3n) is 7.53. The van der Waals surface area contributed by atoms with Crippen LogP contribution in [0.4, 0.5) is 0 Å². The van der Waals surface area contributed by atoms with Crippen LogP contribution in [0.2, 0.25) is 0 Å². The zero-order valence-corrected chi connectivity index (χ0v) is 23.7. The molecular formula is C30H38N6O3. The van der Waals surface area contributed by atoms with Gasteiger partial charge in [0.1, 0.15) is 11.8 Å². The summed E-state index contributed by atoms with van der Waals surface area (Å²) in [5.74, 6) is 1.43. The number of fused-ring (bicyclic) bond motifs is 1. The molecule has 2 atom stereocenters. The van der Waals surface area contributed by atoms with Gasteiger partial charge in [-0.1, -0.05) is 12.1 Å². The lowest BCUT2D eigenvalue weighted by atomic mass is 9.99. The molecular weight excluding hydrogens is 492 g/mol. The number of ether oxygens (including phenoxy) is 2. The molecule has 0 unspecified atom stereocenters. The van der Waals surface area contributed by atoms with E-state index in [-0.39, 0.29) is 17.2 Å². The van der Waals surface area contributed by atoms with Crippen LogP contribution >= 0.6 is 0 Å². The average molecular weight is 531 g/mol. The Hall–Kier alpha value is -3.56. The number of aromatic nitrogens is 5. The highest BCUT2D eigenvalue weighted by atomic mass is 16.5. The van der Waals surface area contributed by atoms with Crippen molar-refractivity contribution in [2.45, 2.75) is 71.7 Å². The van der Waals surface area contributed by atoms with Crippen LogP contribution in [0, 0.1) is 13.8 Å². The maximum absolute atomic E-state index is 13.8. The molecule has 9 heteroatoms. The predicted octanol–water partition coefficient (Wildman–Crippen LogP) is 4.67. The lowest BCUT2D eigenvalue weighted by Crippen LogP contribution is -2.40. The fourth-order valence-corrected chi connectivity index (χ4v) is 5.31. The molecule has 3 heterocycles. The molecule has 1 aliphatic rings. The monoisotopic (exact) mass is 530 g/mol. The van der Waals surface area contributed by atoms with Crippen molar-refractivity contribution in [2.75, 3.05) is 20.3 Å². The first-order valence-electron chi connectivity index (χ1n) is 13.6. The quantitative estimate of drug-likeness (QED) is 0.354. The van der Waals surface area contributed by atoms with Gasteiger partial charge in [0.05, 0.1) is 18.8 Å². The van der Waals surface area contributed by atoms with Gasteiger partial charge < -0.3 is 14.5 Å². The van der Waals surface area contributed by atoms with Crippen LogP contribution in [0.5, 0.6) is 5.75 Å². The summed E-state index contributed by atoms with van der Waals surface area (Å²) in [6.07, 6.45) is 2.07. The highest BCUT2D eigenvalue weighted by Crippen LogP contribution is 2.32. The Bertz CT molecular complexity index is 1500. The van der Waals surface area contributed by atoms with Crippen molar-refractivity contribution in [2.24, 2.45) is 0 Å². The lowest BCUT2D eigenvalue weighted by Gasteiger charge is -2.34. The molecule has 2 aromatic heterocycles. The van der Waals surface area contributed by atoms with E-state index in [4.69, 9.17) is 9.47 Å². The highest BCUT2D eigenvalue weighted by Gasteiger charge is 2.35. The van der Waals surface area contributed by atoms with Crippen molar-refractivity contribution in [1.29, 1.82) is 0 Å². The summed E-state index contributed by atoms with van der Waals surface area (Å²) >= 11 is 0. The predicted molar refractivity (Wildman–Crippen MR) is 151 cm³/mol. The van der Waals surface area contributed by atoms with Gasteiger partial charge in [0.25, 0.3) is 5.56 Å². The summed E-state index contributed by atoms with van der Waals surface area (Å²) in [6.45, 7) is 12.3. The van der Waals surface area contributed by atoms with Gasteiger partial charge in [0, 0.05) is 30.8 Å². The smallest absolute Gasteiger partial charge is 0.253 e. The van der Waals surface area contributed by atoms with Crippen molar-refractivity contribution in [1.82, 2.24) is 30.1 Å². The molecule has 0 radical (unpaired) electrons. The molecule has 9 nitrogen and oxygen atoms in total. The van der Waals surface area contributed by atoms with Gasteiger partial charge in [0.15, 0.2) is 5.82 Å². The zero-order chi connectivity index (χ0) is 27.7. The fourth-order valence-electron chi connectivity index (χ4n) is 5.31. The number of pyridine rings is 1. The minimum absolute atomic E-state index is 0.0640. The molecule has 0 amide bonds. The molecule has 0 spiro atoms. The van der Waals surface area contributed by atoms with Gasteiger partial charge in [-0.25, -0.2) is 4.68 Å². The zero-order valence-electron chi connectivity index (χ0n) is 23.7. The van der Waals surface area contributed by atoms with Crippen molar-refractivity contribution >= 4 is 10.9 Å². The van der Waals surface area contributed by atoms with Crippen LogP contribution in [-0.2, 0) is 16.8 Å². The number of aryl methyl sites for hydroxylation is 2. The summed E-state index contributed by atoms with van der Waals surface area (Å²) < 4.78 is 13.3. The molecule has 206 valence electrons. The first-order valence-corrected chi connectivity index (χ1v) is 13.6. The normalized spacial score (nSPS) is 16.7. The van der Waals surface area contributed by atoms with E-state index >= 15 is 0 Å². The molecule has 1 aliphatic heterocycles. The number of aromatic amines is 1. The molecule has 0 aliphatic carbocycles. The van der Waals surface area contributed by atoms with E-state index in [9.17, 15) is 4.79 Å². The average Bonchev–Trinajstić information content (AvgIpc) is 3.59. The number of tetrazole rings is 1. The number of nitrogens with zero attached hydrogens (tertiary/aromatic N) is 5. The van der Waals surface area contributed by atoms with Crippen molar-refractivity contribution in [3.8, 4) is 5.75 Å². The Morgan fingerprint density at radius 2 is 1.90 bits per heavy atom. The molecule has 1 saturated heterocycles. The number of hydrogen-bond acceptors (Lipinski definition) is 7. The minimum atomic E-state index is -0.500. The number of nitrogens with one attached hydrogen (secondary N) is 1. The topological polar surface area (TPSA) is 98.2 Å². The Kier molecular flexibility index (Phi) is 7.55. The lowest BCUT2D eigenvalue weighted by molar-refractivity contribution is 0.0564. The van der Waals surface area contributed by atoms with Gasteiger partial charge in [-0.15, -0.1) is 5.10 Å². The van der Waals surface area contributed by atoms with Crippen molar-refractivity contribution < 1.29 is 9.47 Å². The van der Waals surface area contributed by atoms with Crippen LogP contribution in [-0.4, -0.2) is 56.5 Å².